The molecule has 1 unspecified atom stereocenters. The molecule has 68 valence electrons. The van der Waals surface area contributed by atoms with E-state index in [2.05, 4.69) is 0 Å². The molecule has 1 aliphatic rings. The number of carbonyl (C=O) groups is 1. The van der Waals surface area contributed by atoms with Gasteiger partial charge in [0.1, 0.15) is 0 Å². The van der Waals surface area contributed by atoms with E-state index < -0.39 is 11.7 Å². The smallest absolute Gasteiger partial charge is 0.370 e. The first-order chi connectivity index (χ1) is 5.70. The van der Waals surface area contributed by atoms with E-state index in [9.17, 15) is 4.79 Å². The van der Waals surface area contributed by atoms with Gasteiger partial charge in [-0.05, 0) is 25.3 Å². The number of rotatable bonds is 3. The Morgan fingerprint density at radius 1 is 1.58 bits per heavy atom. The van der Waals surface area contributed by atoms with Crippen molar-refractivity contribution in [3.8, 4) is 0 Å². The summed E-state index contributed by atoms with van der Waals surface area (Å²) in [5.74, 6) is -1.88. The first kappa shape index (κ1) is 9.06. The molecule has 1 heterocycles. The van der Waals surface area contributed by atoms with Gasteiger partial charge in [0.25, 0.3) is 0 Å². The summed E-state index contributed by atoms with van der Waals surface area (Å²) in [6.45, 7) is 0.742. The summed E-state index contributed by atoms with van der Waals surface area (Å²) in [5, 5.41) is 17.1. The fourth-order valence-electron chi connectivity index (χ4n) is 1.16. The normalized spacial score (nSPS) is 24.3. The van der Waals surface area contributed by atoms with Crippen LogP contribution in [0, 0.1) is 0 Å². The summed E-state index contributed by atoms with van der Waals surface area (Å²) in [7, 11) is 0. The first-order valence-electron chi connectivity index (χ1n) is 3.94. The van der Waals surface area contributed by atoms with Gasteiger partial charge in [-0.15, -0.1) is 0 Å². The molecule has 0 aromatic carbocycles. The molecule has 0 amide bonds. The van der Waals surface area contributed by atoms with E-state index in [4.69, 9.17) is 14.9 Å². The van der Waals surface area contributed by atoms with Crippen LogP contribution in [0.1, 0.15) is 19.3 Å². The van der Waals surface area contributed by atoms with Crippen LogP contribution in [0.25, 0.3) is 0 Å². The van der Waals surface area contributed by atoms with Gasteiger partial charge >= 0.3 is 5.97 Å². The molecule has 4 nitrogen and oxygen atoms in total. The van der Waals surface area contributed by atoms with E-state index >= 15 is 0 Å². The molecule has 4 heteroatoms. The van der Waals surface area contributed by atoms with Gasteiger partial charge in [0.05, 0.1) is 6.10 Å². The standard InChI is InChI=1S/C8H12O4/c9-7(8(10)11)4-3-6-2-1-5-12-6/h4,6,9H,1-3,5H2,(H,10,11)/b7-4-. The van der Waals surface area contributed by atoms with Gasteiger partial charge in [-0.25, -0.2) is 4.79 Å². The maximum Gasteiger partial charge on any atom is 0.370 e. The number of aliphatic carboxylic acids is 1. The van der Waals surface area contributed by atoms with Crippen LogP contribution in [0.3, 0.4) is 0 Å². The molecule has 0 spiro atoms. The van der Waals surface area contributed by atoms with Gasteiger partial charge in [0.2, 0.25) is 0 Å². The van der Waals surface area contributed by atoms with Crippen LogP contribution in [0.5, 0.6) is 0 Å². The van der Waals surface area contributed by atoms with Gasteiger partial charge < -0.3 is 14.9 Å². The Morgan fingerprint density at radius 2 is 2.33 bits per heavy atom. The van der Waals surface area contributed by atoms with Crippen LogP contribution in [0.15, 0.2) is 11.8 Å². The first-order valence-corrected chi connectivity index (χ1v) is 3.94. The highest BCUT2D eigenvalue weighted by Gasteiger charge is 2.14. The van der Waals surface area contributed by atoms with Crippen LogP contribution in [-0.2, 0) is 9.53 Å². The van der Waals surface area contributed by atoms with E-state index in [1.165, 1.54) is 6.08 Å². The lowest BCUT2D eigenvalue weighted by molar-refractivity contribution is -0.135. The van der Waals surface area contributed by atoms with Crippen LogP contribution in [0.2, 0.25) is 0 Å². The van der Waals surface area contributed by atoms with Gasteiger partial charge in [0, 0.05) is 6.61 Å². The zero-order valence-corrected chi connectivity index (χ0v) is 6.69. The third-order valence-corrected chi connectivity index (χ3v) is 1.82. The predicted octanol–water partition coefficient (Wildman–Crippen LogP) is 1.08. The SMILES string of the molecule is O=C(O)/C(O)=C/CC1CCCO1. The Kier molecular flexibility index (Phi) is 3.10. The van der Waals surface area contributed by atoms with Crippen molar-refractivity contribution in [3.05, 3.63) is 11.8 Å². The molecule has 0 aliphatic carbocycles. The molecule has 1 rings (SSSR count). The average Bonchev–Trinajstić information content (AvgIpc) is 2.51. The van der Waals surface area contributed by atoms with E-state index in [0.717, 1.165) is 19.4 Å². The fraction of sp³-hybridized carbons (Fsp3) is 0.625. The minimum Gasteiger partial charge on any atom is -0.502 e. The third-order valence-electron chi connectivity index (χ3n) is 1.82. The van der Waals surface area contributed by atoms with Gasteiger partial charge in [-0.1, -0.05) is 0 Å². The number of aliphatic hydroxyl groups is 1. The van der Waals surface area contributed by atoms with Crippen molar-refractivity contribution in [1.29, 1.82) is 0 Å². The summed E-state index contributed by atoms with van der Waals surface area (Å²) in [6.07, 6.45) is 3.83. The highest BCUT2D eigenvalue weighted by molar-refractivity contribution is 5.83. The van der Waals surface area contributed by atoms with Crippen molar-refractivity contribution in [2.24, 2.45) is 0 Å². The Bertz CT molecular complexity index is 191. The summed E-state index contributed by atoms with van der Waals surface area (Å²) >= 11 is 0. The van der Waals surface area contributed by atoms with E-state index in [-0.39, 0.29) is 6.10 Å². The topological polar surface area (TPSA) is 66.8 Å². The predicted molar refractivity (Wildman–Crippen MR) is 41.9 cm³/mol. The average molecular weight is 172 g/mol. The minimum absolute atomic E-state index is 0.0894. The largest absolute Gasteiger partial charge is 0.502 e. The molecule has 0 saturated carbocycles. The summed E-state index contributed by atoms with van der Waals surface area (Å²) in [6, 6.07) is 0. The van der Waals surface area contributed by atoms with Crippen LogP contribution in [-0.4, -0.2) is 28.9 Å². The highest BCUT2D eigenvalue weighted by Crippen LogP contribution is 2.15. The molecular weight excluding hydrogens is 160 g/mol. The lowest BCUT2D eigenvalue weighted by Crippen LogP contribution is -2.05. The second-order valence-electron chi connectivity index (χ2n) is 2.77. The van der Waals surface area contributed by atoms with E-state index in [1.54, 1.807) is 0 Å². The number of carboxylic acids is 1. The molecule has 0 radical (unpaired) electrons. The molecule has 0 bridgehead atoms. The zero-order valence-electron chi connectivity index (χ0n) is 6.69. The Hall–Kier alpha value is -1.03. The maximum absolute atomic E-state index is 10.1. The lowest BCUT2D eigenvalue weighted by Gasteiger charge is -2.04. The van der Waals surface area contributed by atoms with Crippen LogP contribution in [0.4, 0.5) is 0 Å². The van der Waals surface area contributed by atoms with Gasteiger partial charge in [-0.2, -0.15) is 0 Å². The molecule has 1 aliphatic heterocycles. The summed E-state index contributed by atoms with van der Waals surface area (Å²) in [5.41, 5.74) is 0. The van der Waals surface area contributed by atoms with Crippen LogP contribution < -0.4 is 0 Å². The molecule has 1 atom stereocenters. The van der Waals surface area contributed by atoms with E-state index in [1.807, 2.05) is 0 Å². The van der Waals surface area contributed by atoms with Gasteiger partial charge in [0.15, 0.2) is 5.76 Å². The Balaban J connectivity index is 2.31. The minimum atomic E-state index is -1.28. The van der Waals surface area contributed by atoms with Gasteiger partial charge in [-0.3, -0.25) is 0 Å². The number of hydrogen-bond acceptors (Lipinski definition) is 3. The molecule has 1 fully saturated rings. The molecule has 2 N–H and O–H groups in total. The van der Waals surface area contributed by atoms with Crippen LogP contribution >= 0.6 is 0 Å². The molecular formula is C8H12O4. The van der Waals surface area contributed by atoms with Crippen molar-refractivity contribution in [2.75, 3.05) is 6.61 Å². The second-order valence-corrected chi connectivity index (χ2v) is 2.77. The molecule has 0 aromatic rings. The van der Waals surface area contributed by atoms with Crippen molar-refractivity contribution in [3.63, 3.8) is 0 Å². The number of hydrogen-bond donors (Lipinski definition) is 2. The molecule has 1 saturated heterocycles. The second kappa shape index (κ2) is 4.11. The highest BCUT2D eigenvalue weighted by atomic mass is 16.5. The number of carboxylic acid groups (broad SMARTS) is 1. The molecule has 0 aromatic heterocycles. The summed E-state index contributed by atoms with van der Waals surface area (Å²) < 4.78 is 5.23. The summed E-state index contributed by atoms with van der Waals surface area (Å²) in [4.78, 5) is 10.1. The molecule has 12 heavy (non-hydrogen) atoms. The maximum atomic E-state index is 10.1. The zero-order chi connectivity index (χ0) is 8.97. The van der Waals surface area contributed by atoms with Crippen molar-refractivity contribution < 1.29 is 19.7 Å². The quantitative estimate of drug-likeness (QED) is 0.493. The monoisotopic (exact) mass is 172 g/mol. The van der Waals surface area contributed by atoms with Crippen molar-refractivity contribution in [2.45, 2.75) is 25.4 Å². The number of ether oxygens (including phenoxy) is 1. The Labute approximate surface area is 70.5 Å². The van der Waals surface area contributed by atoms with Crippen molar-refractivity contribution in [1.82, 2.24) is 0 Å². The number of aliphatic hydroxyl groups excluding tert-OH is 1. The third kappa shape index (κ3) is 2.54. The Morgan fingerprint density at radius 3 is 2.83 bits per heavy atom. The van der Waals surface area contributed by atoms with E-state index in [0.29, 0.717) is 6.42 Å². The fourth-order valence-corrected chi connectivity index (χ4v) is 1.16. The lowest BCUT2D eigenvalue weighted by atomic mass is 10.2. The van der Waals surface area contributed by atoms with Crippen molar-refractivity contribution >= 4 is 5.97 Å².